The fourth-order valence-corrected chi connectivity index (χ4v) is 4.60. The summed E-state index contributed by atoms with van der Waals surface area (Å²) in [4.78, 5) is 11.7. The van der Waals surface area contributed by atoms with E-state index in [-0.39, 0.29) is 18.9 Å². The Balaban J connectivity index is 2.00. The van der Waals surface area contributed by atoms with Crippen LogP contribution in [0.3, 0.4) is 0 Å². The van der Waals surface area contributed by atoms with E-state index in [9.17, 15) is 13.2 Å². The van der Waals surface area contributed by atoms with Gasteiger partial charge in [-0.3, -0.25) is 4.79 Å². The molecule has 134 valence electrons. The zero-order valence-electron chi connectivity index (χ0n) is 14.3. The van der Waals surface area contributed by atoms with E-state index in [0.717, 1.165) is 31.2 Å². The highest BCUT2D eigenvalue weighted by molar-refractivity contribution is 7.89. The van der Waals surface area contributed by atoms with Gasteiger partial charge in [0.1, 0.15) is 0 Å². The molecule has 6 heteroatoms. The van der Waals surface area contributed by atoms with Crippen LogP contribution in [0.4, 0.5) is 0 Å². The van der Waals surface area contributed by atoms with E-state index in [2.05, 4.69) is 4.72 Å². The molecule has 0 radical (unpaired) electrons. The molecule has 0 aromatic heterocycles. The molecule has 1 saturated carbocycles. The predicted molar refractivity (Wildman–Crippen MR) is 93.3 cm³/mol. The Labute approximate surface area is 144 Å². The van der Waals surface area contributed by atoms with Gasteiger partial charge in [-0.05, 0) is 43.7 Å². The molecular formula is C18H27NO4S. The van der Waals surface area contributed by atoms with Gasteiger partial charge in [-0.15, -0.1) is 0 Å². The molecule has 0 atom stereocenters. The second kappa shape index (κ2) is 9.18. The number of esters is 1. The fourth-order valence-electron chi connectivity index (χ4n) is 3.23. The number of nitrogens with one attached hydrogen (secondary N) is 1. The lowest BCUT2D eigenvalue weighted by atomic mass is 9.84. The van der Waals surface area contributed by atoms with Crippen molar-refractivity contribution in [2.24, 2.45) is 0 Å². The predicted octanol–water partition coefficient (Wildman–Crippen LogP) is 3.36. The summed E-state index contributed by atoms with van der Waals surface area (Å²) in [6.07, 6.45) is 6.31. The lowest BCUT2D eigenvalue weighted by molar-refractivity contribution is -0.143. The fraction of sp³-hybridized carbons (Fsp3) is 0.611. The van der Waals surface area contributed by atoms with Crippen LogP contribution >= 0.6 is 0 Å². The number of benzene rings is 1. The monoisotopic (exact) mass is 353 g/mol. The van der Waals surface area contributed by atoms with E-state index in [4.69, 9.17) is 4.74 Å². The number of hydrogen-bond acceptors (Lipinski definition) is 4. The maximum atomic E-state index is 12.6. The van der Waals surface area contributed by atoms with Gasteiger partial charge < -0.3 is 4.74 Å². The van der Waals surface area contributed by atoms with Crippen LogP contribution in [0.25, 0.3) is 0 Å². The van der Waals surface area contributed by atoms with E-state index >= 15 is 0 Å². The first-order chi connectivity index (χ1) is 11.5. The minimum atomic E-state index is -3.55. The van der Waals surface area contributed by atoms with Gasteiger partial charge in [-0.1, -0.05) is 37.5 Å². The van der Waals surface area contributed by atoms with Crippen molar-refractivity contribution in [2.75, 3.05) is 13.2 Å². The van der Waals surface area contributed by atoms with Crippen molar-refractivity contribution in [2.45, 2.75) is 62.7 Å². The lowest BCUT2D eigenvalue weighted by Crippen LogP contribution is -2.27. The molecule has 0 spiro atoms. The Morgan fingerprint density at radius 3 is 2.62 bits per heavy atom. The number of ether oxygens (including phenoxy) is 1. The van der Waals surface area contributed by atoms with Gasteiger partial charge in [0.25, 0.3) is 0 Å². The molecule has 1 N–H and O–H groups in total. The first-order valence-corrected chi connectivity index (χ1v) is 10.3. The molecule has 2 rings (SSSR count). The Hall–Kier alpha value is -1.40. The van der Waals surface area contributed by atoms with E-state index in [0.29, 0.717) is 23.8 Å². The van der Waals surface area contributed by atoms with Crippen LogP contribution in [0, 0.1) is 0 Å². The van der Waals surface area contributed by atoms with Gasteiger partial charge in [-0.25, -0.2) is 13.1 Å². The summed E-state index contributed by atoms with van der Waals surface area (Å²) in [5.41, 5.74) is 0.926. The molecule has 0 amide bonds. The van der Waals surface area contributed by atoms with Crippen molar-refractivity contribution in [1.82, 2.24) is 4.72 Å². The summed E-state index contributed by atoms with van der Waals surface area (Å²) in [7, 11) is -3.55. The SMILES string of the molecule is CCOC(=O)CCCNS(=O)(=O)c1ccccc1C1CCCCC1. The minimum Gasteiger partial charge on any atom is -0.466 e. The molecule has 0 aliphatic heterocycles. The third kappa shape index (κ3) is 5.31. The molecule has 1 fully saturated rings. The van der Waals surface area contributed by atoms with Crippen molar-refractivity contribution >= 4 is 16.0 Å². The van der Waals surface area contributed by atoms with E-state index < -0.39 is 10.0 Å². The first-order valence-electron chi connectivity index (χ1n) is 8.79. The Morgan fingerprint density at radius 1 is 1.21 bits per heavy atom. The third-order valence-corrected chi connectivity index (χ3v) is 5.94. The Morgan fingerprint density at radius 2 is 1.92 bits per heavy atom. The maximum absolute atomic E-state index is 12.6. The second-order valence-electron chi connectivity index (χ2n) is 6.18. The smallest absolute Gasteiger partial charge is 0.305 e. The van der Waals surface area contributed by atoms with Gasteiger partial charge in [0, 0.05) is 13.0 Å². The van der Waals surface area contributed by atoms with E-state index in [1.165, 1.54) is 6.42 Å². The van der Waals surface area contributed by atoms with Crippen molar-refractivity contribution in [3.05, 3.63) is 29.8 Å². The number of rotatable bonds is 8. The molecule has 1 aliphatic rings. The van der Waals surface area contributed by atoms with Gasteiger partial charge in [-0.2, -0.15) is 0 Å². The van der Waals surface area contributed by atoms with E-state index in [1.807, 2.05) is 12.1 Å². The Bertz CT molecular complexity index is 636. The summed E-state index contributed by atoms with van der Waals surface area (Å²) >= 11 is 0. The topological polar surface area (TPSA) is 72.5 Å². The third-order valence-electron chi connectivity index (χ3n) is 4.41. The Kier molecular flexibility index (Phi) is 7.24. The molecule has 5 nitrogen and oxygen atoms in total. The van der Waals surface area contributed by atoms with Crippen LogP contribution in [0.5, 0.6) is 0 Å². The second-order valence-corrected chi connectivity index (χ2v) is 7.91. The van der Waals surface area contributed by atoms with Gasteiger partial charge >= 0.3 is 5.97 Å². The largest absolute Gasteiger partial charge is 0.466 e. The standard InChI is InChI=1S/C18H27NO4S/c1-2-23-18(20)13-8-14-19-24(21,22)17-12-7-6-11-16(17)15-9-4-3-5-10-15/h6-7,11-12,15,19H,2-5,8-10,13-14H2,1H3. The summed E-state index contributed by atoms with van der Waals surface area (Å²) in [6.45, 7) is 2.34. The zero-order chi connectivity index (χ0) is 17.4. The van der Waals surface area contributed by atoms with Crippen molar-refractivity contribution in [3.8, 4) is 0 Å². The van der Waals surface area contributed by atoms with Crippen molar-refractivity contribution in [1.29, 1.82) is 0 Å². The van der Waals surface area contributed by atoms with E-state index in [1.54, 1.807) is 19.1 Å². The minimum absolute atomic E-state index is 0.223. The summed E-state index contributed by atoms with van der Waals surface area (Å²) in [5, 5.41) is 0. The van der Waals surface area contributed by atoms with Crippen LogP contribution in [0.2, 0.25) is 0 Å². The van der Waals surface area contributed by atoms with Gasteiger partial charge in [0.2, 0.25) is 10.0 Å². The number of hydrogen-bond donors (Lipinski definition) is 1. The molecule has 1 aromatic carbocycles. The van der Waals surface area contributed by atoms with Gasteiger partial charge in [0.05, 0.1) is 11.5 Å². The van der Waals surface area contributed by atoms with Crippen LogP contribution < -0.4 is 4.72 Å². The molecule has 0 heterocycles. The highest BCUT2D eigenvalue weighted by atomic mass is 32.2. The molecule has 0 bridgehead atoms. The van der Waals surface area contributed by atoms with Crippen molar-refractivity contribution < 1.29 is 17.9 Å². The normalized spacial score (nSPS) is 16.0. The lowest BCUT2D eigenvalue weighted by Gasteiger charge is -2.24. The average Bonchev–Trinajstić information content (AvgIpc) is 2.60. The average molecular weight is 353 g/mol. The summed E-state index contributed by atoms with van der Waals surface area (Å²) in [5.74, 6) is 0.0327. The van der Waals surface area contributed by atoms with Crippen LogP contribution in [-0.2, 0) is 19.6 Å². The molecule has 24 heavy (non-hydrogen) atoms. The van der Waals surface area contributed by atoms with Gasteiger partial charge in [0.15, 0.2) is 0 Å². The molecule has 0 unspecified atom stereocenters. The summed E-state index contributed by atoms with van der Waals surface area (Å²) in [6, 6.07) is 7.28. The van der Waals surface area contributed by atoms with Crippen LogP contribution in [0.15, 0.2) is 29.2 Å². The van der Waals surface area contributed by atoms with Crippen LogP contribution in [-0.4, -0.2) is 27.5 Å². The van der Waals surface area contributed by atoms with Crippen molar-refractivity contribution in [3.63, 3.8) is 0 Å². The number of carbonyl (C=O) groups is 1. The quantitative estimate of drug-likeness (QED) is 0.574. The maximum Gasteiger partial charge on any atom is 0.305 e. The molecule has 1 aliphatic carbocycles. The highest BCUT2D eigenvalue weighted by Gasteiger charge is 2.24. The summed E-state index contributed by atoms with van der Waals surface area (Å²) < 4.78 is 32.7. The molecule has 0 saturated heterocycles. The number of sulfonamides is 1. The first kappa shape index (κ1) is 18.9. The molecule has 1 aromatic rings. The van der Waals surface area contributed by atoms with Crippen LogP contribution in [0.1, 0.15) is 63.4 Å². The zero-order valence-corrected chi connectivity index (χ0v) is 15.1. The highest BCUT2D eigenvalue weighted by Crippen LogP contribution is 2.35. The molecular weight excluding hydrogens is 326 g/mol. The number of carbonyl (C=O) groups excluding carboxylic acids is 1.